The molecule has 3 heteroatoms. The van der Waals surface area contributed by atoms with E-state index in [0.717, 1.165) is 37.1 Å². The summed E-state index contributed by atoms with van der Waals surface area (Å²) in [7, 11) is 0. The molecule has 0 N–H and O–H groups in total. The van der Waals surface area contributed by atoms with Gasteiger partial charge in [0.1, 0.15) is 0 Å². The van der Waals surface area contributed by atoms with Crippen molar-refractivity contribution in [3.63, 3.8) is 0 Å². The number of carbonyl (C=O) groups is 1. The molecule has 15 heavy (non-hydrogen) atoms. The second kappa shape index (κ2) is 4.67. The van der Waals surface area contributed by atoms with Crippen LogP contribution in [0.15, 0.2) is 24.3 Å². The highest BCUT2D eigenvalue weighted by Gasteiger charge is 2.19. The number of amides is 1. The SMILES string of the molecule is O=C(c1cccc(CCl)c1)N1CCCC1. The number of benzene rings is 1. The maximum absolute atomic E-state index is 12.0. The predicted octanol–water partition coefficient (Wildman–Crippen LogP) is 2.66. The van der Waals surface area contributed by atoms with Gasteiger partial charge in [-0.05, 0) is 30.5 Å². The Bertz CT molecular complexity index is 358. The van der Waals surface area contributed by atoms with Crippen LogP contribution in [0.2, 0.25) is 0 Å². The topological polar surface area (TPSA) is 20.3 Å². The van der Waals surface area contributed by atoms with Gasteiger partial charge in [0.2, 0.25) is 0 Å². The zero-order chi connectivity index (χ0) is 10.7. The van der Waals surface area contributed by atoms with Crippen molar-refractivity contribution in [3.05, 3.63) is 35.4 Å². The molecule has 80 valence electrons. The van der Waals surface area contributed by atoms with Crippen molar-refractivity contribution in [2.45, 2.75) is 18.7 Å². The van der Waals surface area contributed by atoms with E-state index in [1.165, 1.54) is 0 Å². The molecule has 1 heterocycles. The number of hydrogen-bond acceptors (Lipinski definition) is 1. The van der Waals surface area contributed by atoms with Crippen LogP contribution in [0.1, 0.15) is 28.8 Å². The lowest BCUT2D eigenvalue weighted by atomic mass is 10.1. The summed E-state index contributed by atoms with van der Waals surface area (Å²) in [6.45, 7) is 1.79. The minimum Gasteiger partial charge on any atom is -0.339 e. The first-order valence-corrected chi connectivity index (χ1v) is 5.79. The molecule has 1 aromatic rings. The van der Waals surface area contributed by atoms with Gasteiger partial charge in [0, 0.05) is 24.5 Å². The molecule has 0 unspecified atom stereocenters. The van der Waals surface area contributed by atoms with Gasteiger partial charge in [-0.3, -0.25) is 4.79 Å². The maximum atomic E-state index is 12.0. The molecule has 1 aromatic carbocycles. The molecule has 0 aromatic heterocycles. The van der Waals surface area contributed by atoms with E-state index in [2.05, 4.69) is 0 Å². The van der Waals surface area contributed by atoms with Crippen molar-refractivity contribution in [1.29, 1.82) is 0 Å². The normalized spacial score (nSPS) is 15.7. The molecule has 0 aliphatic carbocycles. The Morgan fingerprint density at radius 2 is 2.07 bits per heavy atom. The summed E-state index contributed by atoms with van der Waals surface area (Å²) in [5, 5.41) is 0. The van der Waals surface area contributed by atoms with E-state index in [1.807, 2.05) is 29.2 Å². The molecule has 0 bridgehead atoms. The molecule has 0 radical (unpaired) electrons. The van der Waals surface area contributed by atoms with Crippen LogP contribution in [0.4, 0.5) is 0 Å². The minimum atomic E-state index is 0.138. The molecular formula is C12H14ClNO. The van der Waals surface area contributed by atoms with E-state index in [1.54, 1.807) is 0 Å². The van der Waals surface area contributed by atoms with Crippen molar-refractivity contribution in [3.8, 4) is 0 Å². The van der Waals surface area contributed by atoms with Crippen molar-refractivity contribution in [2.24, 2.45) is 0 Å². The summed E-state index contributed by atoms with van der Waals surface area (Å²) in [5.74, 6) is 0.598. The zero-order valence-corrected chi connectivity index (χ0v) is 9.33. The van der Waals surface area contributed by atoms with Gasteiger partial charge < -0.3 is 4.90 Å². The number of likely N-dealkylation sites (tertiary alicyclic amines) is 1. The molecule has 0 spiro atoms. The maximum Gasteiger partial charge on any atom is 0.253 e. The first-order chi connectivity index (χ1) is 7.31. The Morgan fingerprint density at radius 1 is 1.33 bits per heavy atom. The van der Waals surface area contributed by atoms with Gasteiger partial charge in [-0.25, -0.2) is 0 Å². The van der Waals surface area contributed by atoms with Crippen LogP contribution in [0, 0.1) is 0 Å². The number of halogens is 1. The third kappa shape index (κ3) is 2.32. The van der Waals surface area contributed by atoms with Gasteiger partial charge >= 0.3 is 0 Å². The number of nitrogens with zero attached hydrogens (tertiary/aromatic N) is 1. The Morgan fingerprint density at radius 3 is 2.73 bits per heavy atom. The highest BCUT2D eigenvalue weighted by atomic mass is 35.5. The fourth-order valence-electron chi connectivity index (χ4n) is 1.89. The van der Waals surface area contributed by atoms with Crippen molar-refractivity contribution in [2.75, 3.05) is 13.1 Å². The van der Waals surface area contributed by atoms with E-state index in [0.29, 0.717) is 5.88 Å². The monoisotopic (exact) mass is 223 g/mol. The predicted molar refractivity (Wildman–Crippen MR) is 61.1 cm³/mol. The average Bonchev–Trinajstić information content (AvgIpc) is 2.81. The van der Waals surface area contributed by atoms with E-state index in [9.17, 15) is 4.79 Å². The molecule has 1 saturated heterocycles. The summed E-state index contributed by atoms with van der Waals surface area (Å²) < 4.78 is 0. The number of carbonyl (C=O) groups excluding carboxylic acids is 1. The highest BCUT2D eigenvalue weighted by molar-refractivity contribution is 6.17. The number of hydrogen-bond donors (Lipinski definition) is 0. The summed E-state index contributed by atoms with van der Waals surface area (Å²) in [6.07, 6.45) is 2.25. The number of rotatable bonds is 2. The Balaban J connectivity index is 2.17. The van der Waals surface area contributed by atoms with E-state index < -0.39 is 0 Å². The van der Waals surface area contributed by atoms with Gasteiger partial charge in [0.05, 0.1) is 0 Å². The lowest BCUT2D eigenvalue weighted by Gasteiger charge is -2.15. The summed E-state index contributed by atoms with van der Waals surface area (Å²) in [6, 6.07) is 7.57. The first-order valence-electron chi connectivity index (χ1n) is 5.25. The smallest absolute Gasteiger partial charge is 0.253 e. The van der Waals surface area contributed by atoms with Crippen molar-refractivity contribution >= 4 is 17.5 Å². The minimum absolute atomic E-state index is 0.138. The molecule has 1 amide bonds. The van der Waals surface area contributed by atoms with Gasteiger partial charge in [-0.15, -0.1) is 11.6 Å². The third-order valence-corrected chi connectivity index (χ3v) is 3.03. The van der Waals surface area contributed by atoms with Crippen LogP contribution >= 0.6 is 11.6 Å². The van der Waals surface area contributed by atoms with Gasteiger partial charge in [-0.1, -0.05) is 12.1 Å². The molecule has 2 rings (SSSR count). The molecule has 2 nitrogen and oxygen atoms in total. The lowest BCUT2D eigenvalue weighted by Crippen LogP contribution is -2.27. The van der Waals surface area contributed by atoms with E-state index in [-0.39, 0.29) is 5.91 Å². The van der Waals surface area contributed by atoms with Crippen LogP contribution in [0.5, 0.6) is 0 Å². The van der Waals surface area contributed by atoms with Crippen molar-refractivity contribution in [1.82, 2.24) is 4.90 Å². The standard InChI is InChI=1S/C12H14ClNO/c13-9-10-4-3-5-11(8-10)12(15)14-6-1-2-7-14/h3-5,8H,1-2,6-7,9H2. The summed E-state index contributed by atoms with van der Waals surface area (Å²) in [5.41, 5.74) is 1.76. The van der Waals surface area contributed by atoms with E-state index in [4.69, 9.17) is 11.6 Å². The molecule has 0 atom stereocenters. The second-order valence-corrected chi connectivity index (χ2v) is 4.10. The fraction of sp³-hybridized carbons (Fsp3) is 0.417. The van der Waals surface area contributed by atoms with Crippen LogP contribution in [-0.4, -0.2) is 23.9 Å². The van der Waals surface area contributed by atoms with Crippen LogP contribution in [-0.2, 0) is 5.88 Å². The molecule has 1 fully saturated rings. The Labute approximate surface area is 94.8 Å². The van der Waals surface area contributed by atoms with Crippen molar-refractivity contribution < 1.29 is 4.79 Å². The largest absolute Gasteiger partial charge is 0.339 e. The van der Waals surface area contributed by atoms with Gasteiger partial charge in [-0.2, -0.15) is 0 Å². The van der Waals surface area contributed by atoms with E-state index >= 15 is 0 Å². The van der Waals surface area contributed by atoms with Crippen LogP contribution in [0.25, 0.3) is 0 Å². The molecule has 1 aliphatic rings. The molecular weight excluding hydrogens is 210 g/mol. The van der Waals surface area contributed by atoms with Crippen LogP contribution in [0.3, 0.4) is 0 Å². The van der Waals surface area contributed by atoms with Gasteiger partial charge in [0.15, 0.2) is 0 Å². The fourth-order valence-corrected chi connectivity index (χ4v) is 2.06. The first kappa shape index (κ1) is 10.5. The van der Waals surface area contributed by atoms with Crippen LogP contribution < -0.4 is 0 Å². The summed E-state index contributed by atoms with van der Waals surface area (Å²) in [4.78, 5) is 13.9. The zero-order valence-electron chi connectivity index (χ0n) is 8.58. The van der Waals surface area contributed by atoms with Gasteiger partial charge in [0.25, 0.3) is 5.91 Å². The molecule has 1 aliphatic heterocycles. The molecule has 0 saturated carbocycles. The average molecular weight is 224 g/mol. The quantitative estimate of drug-likeness (QED) is 0.706. The summed E-state index contributed by atoms with van der Waals surface area (Å²) >= 11 is 5.74. The number of alkyl halides is 1. The second-order valence-electron chi connectivity index (χ2n) is 3.83. The Kier molecular flexibility index (Phi) is 3.27. The highest BCUT2D eigenvalue weighted by Crippen LogP contribution is 2.14. The Hall–Kier alpha value is -1.02. The third-order valence-electron chi connectivity index (χ3n) is 2.72. The lowest BCUT2D eigenvalue weighted by molar-refractivity contribution is 0.0792.